The molecule has 2 aliphatic heterocycles. The number of halogens is 3. The molecule has 22 heteroatoms. The van der Waals surface area contributed by atoms with Crippen LogP contribution in [-0.4, -0.2) is 159 Å². The first-order valence-electron chi connectivity index (χ1n) is 33.2. The number of carbonyl (C=O) groups excluding carboxylic acids is 6. The van der Waals surface area contributed by atoms with Crippen molar-refractivity contribution in [1.82, 2.24) is 15.1 Å². The van der Waals surface area contributed by atoms with Crippen LogP contribution >= 0.6 is 34.8 Å². The van der Waals surface area contributed by atoms with E-state index in [4.69, 9.17) is 82.2 Å². The van der Waals surface area contributed by atoms with Crippen molar-refractivity contribution < 1.29 is 76.1 Å². The molecule has 0 radical (unpaired) electrons. The molecular formula is C77H88Cl3N3O16. The van der Waals surface area contributed by atoms with Gasteiger partial charge in [-0.15, -0.1) is 0 Å². The second-order valence-corrected chi connectivity index (χ2v) is 25.3. The smallest absolute Gasteiger partial charge is 0.329 e. The number of benzene rings is 6. The van der Waals surface area contributed by atoms with Crippen LogP contribution in [0.3, 0.4) is 0 Å². The first-order chi connectivity index (χ1) is 47.9. The average molecular weight is 1420 g/mol. The quantitative estimate of drug-likeness (QED) is 0.0220. The third kappa shape index (κ3) is 22.0. The molecule has 2 saturated heterocycles. The summed E-state index contributed by atoms with van der Waals surface area (Å²) in [6.45, 7) is 5.40. The largest absolute Gasteiger partial charge is 0.493 e. The number of ketones is 2. The number of nitrogens with one attached hydrogen (secondary N) is 1. The van der Waals surface area contributed by atoms with Crippen LogP contribution < -0.4 is 33.7 Å². The van der Waals surface area contributed by atoms with Gasteiger partial charge in [-0.3, -0.25) is 24.0 Å². The highest BCUT2D eigenvalue weighted by molar-refractivity contribution is 6.42. The van der Waals surface area contributed by atoms with Gasteiger partial charge in [0.15, 0.2) is 34.6 Å². The summed E-state index contributed by atoms with van der Waals surface area (Å²) in [5.74, 6) is 0.389. The monoisotopic (exact) mass is 1420 g/mol. The van der Waals surface area contributed by atoms with E-state index >= 15 is 0 Å². The van der Waals surface area contributed by atoms with Crippen LogP contribution in [0.25, 0.3) is 12.2 Å². The van der Waals surface area contributed by atoms with Gasteiger partial charge in [-0.1, -0.05) is 108 Å². The standard InChI is InChI=1S/C77H88Cl3N3O16/c1-8-61(56-45-70(92-5)74(94-7)71(46-56)93-6)75(87)83-31-13-12-21-66(83)77(89)99-67(28-25-52-26-29-68(90-3)69(43-52)91-4)55-18-14-20-60(44-55)98-49-59(84)19-15-32-95-34-36-97-37-35-96-33-30-72(85)81-65(42-51-16-10-9-11-17-51)76(88)82-47-57(38-53-23-22-50(2)63(79)40-53)73(86)58(48-82)39-54-24-27-62(78)64(80)41-54/h9-11,14,16-18,20,22-24,26-27,29,38-41,43-46,61,65-67H,8,12-13,15,19,21,25,28,30-37,42,47-49H2,1-7H3,(H,81,85)/b57-38+,58-39+/t61-,65-,66-,67?/m0/s1. The maximum atomic E-state index is 14.6. The Kier molecular flexibility index (Phi) is 29.9. The number of esters is 1. The minimum absolute atomic E-state index is 0.00143. The average Bonchev–Trinajstić information content (AvgIpc) is 0.814. The summed E-state index contributed by atoms with van der Waals surface area (Å²) in [6, 6.07) is 34.5. The van der Waals surface area contributed by atoms with Gasteiger partial charge < -0.3 is 62.5 Å². The normalized spacial score (nSPS) is 15.6. The zero-order valence-electron chi connectivity index (χ0n) is 57.2. The molecule has 6 aromatic carbocycles. The number of hydrogen-bond acceptors (Lipinski definition) is 16. The fraction of sp³-hybridized carbons (Fsp3) is 0.403. The van der Waals surface area contributed by atoms with Crippen LogP contribution in [0, 0.1) is 6.92 Å². The van der Waals surface area contributed by atoms with Gasteiger partial charge in [0.05, 0.1) is 84.5 Å². The molecule has 4 atom stereocenters. The predicted octanol–water partition coefficient (Wildman–Crippen LogP) is 13.3. The Balaban J connectivity index is 0.780. The maximum absolute atomic E-state index is 14.6. The van der Waals surface area contributed by atoms with E-state index in [2.05, 4.69) is 5.32 Å². The fourth-order valence-electron chi connectivity index (χ4n) is 11.9. The van der Waals surface area contributed by atoms with Gasteiger partial charge in [0.25, 0.3) is 0 Å². The van der Waals surface area contributed by atoms with Crippen molar-refractivity contribution in [3.05, 3.63) is 186 Å². The van der Waals surface area contributed by atoms with Crippen LogP contribution in [0.2, 0.25) is 15.1 Å². The van der Waals surface area contributed by atoms with Gasteiger partial charge in [-0.05, 0) is 158 Å². The molecule has 19 nitrogen and oxygen atoms in total. The van der Waals surface area contributed by atoms with E-state index in [1.54, 1.807) is 90.8 Å². The van der Waals surface area contributed by atoms with E-state index in [-0.39, 0.29) is 101 Å². The molecular weight excluding hydrogens is 1330 g/mol. The van der Waals surface area contributed by atoms with Crippen molar-refractivity contribution in [3.8, 4) is 34.5 Å². The van der Waals surface area contributed by atoms with Crippen molar-refractivity contribution in [2.24, 2.45) is 0 Å². The van der Waals surface area contributed by atoms with Gasteiger partial charge in [0.1, 0.15) is 30.5 Å². The zero-order valence-corrected chi connectivity index (χ0v) is 59.5. The summed E-state index contributed by atoms with van der Waals surface area (Å²) in [5, 5.41) is 4.17. The molecule has 8 rings (SSSR count). The summed E-state index contributed by atoms with van der Waals surface area (Å²) >= 11 is 19.0. The maximum Gasteiger partial charge on any atom is 0.329 e. The highest BCUT2D eigenvalue weighted by Gasteiger charge is 2.39. The lowest BCUT2D eigenvalue weighted by atomic mass is 9.91. The van der Waals surface area contributed by atoms with Crippen molar-refractivity contribution >= 4 is 82.2 Å². The van der Waals surface area contributed by atoms with Crippen molar-refractivity contribution in [2.45, 2.75) is 102 Å². The van der Waals surface area contributed by atoms with Crippen molar-refractivity contribution in [2.75, 3.05) is 101 Å². The molecule has 0 aromatic heterocycles. The molecule has 2 heterocycles. The molecule has 0 spiro atoms. The number of carbonyl (C=O) groups is 6. The number of piperidine rings is 2. The Labute approximate surface area is 594 Å². The van der Waals surface area contributed by atoms with Crippen LogP contribution in [0.15, 0.2) is 132 Å². The minimum Gasteiger partial charge on any atom is -0.493 e. The Hall–Kier alpha value is -8.43. The lowest BCUT2D eigenvalue weighted by molar-refractivity contribution is -0.162. The molecule has 528 valence electrons. The Morgan fingerprint density at radius 3 is 1.92 bits per heavy atom. The highest BCUT2D eigenvalue weighted by atomic mass is 35.5. The summed E-state index contributed by atoms with van der Waals surface area (Å²) < 4.78 is 57.5. The molecule has 6 aromatic rings. The van der Waals surface area contributed by atoms with Crippen LogP contribution in [-0.2, 0) is 60.6 Å². The second kappa shape index (κ2) is 38.8. The molecule has 3 amide bonds. The molecule has 1 unspecified atom stereocenters. The summed E-state index contributed by atoms with van der Waals surface area (Å²) in [5.41, 5.74) is 6.03. The van der Waals surface area contributed by atoms with Gasteiger partial charge in [-0.2, -0.15) is 0 Å². The minimum atomic E-state index is -0.964. The zero-order chi connectivity index (χ0) is 70.8. The SMILES string of the molecule is CC[C@H](C(=O)N1CCCC[C@H]1C(=O)OC(CCc1ccc(OC)c(OC)c1)c1cccc(OCC(=O)CCCOCCOCCOCCC(=O)N[C@@H](Cc2ccccc2)C(=O)N2C/C(=C\c3ccc(C)c(Cl)c3)C(=O)/C(=C/c3ccc(Cl)c(Cl)c3)C2)c1)c1cc(OC)c(OC)c(OC)c1. The number of ether oxygens (including phenoxy) is 10. The lowest BCUT2D eigenvalue weighted by Crippen LogP contribution is -2.52. The van der Waals surface area contributed by atoms with E-state index < -0.39 is 30.1 Å². The topological polar surface area (TPSA) is 213 Å². The van der Waals surface area contributed by atoms with Gasteiger partial charge >= 0.3 is 5.97 Å². The number of methoxy groups -OCH3 is 5. The molecule has 0 bridgehead atoms. The van der Waals surface area contributed by atoms with E-state index in [1.807, 2.05) is 80.6 Å². The number of rotatable bonds is 36. The number of Topliss-reactive ketones (excluding diaryl/α,β-unsaturated/α-hetero) is 2. The second-order valence-electron chi connectivity index (χ2n) is 24.1. The number of hydrogen-bond donors (Lipinski definition) is 1. The van der Waals surface area contributed by atoms with Crippen LogP contribution in [0.4, 0.5) is 0 Å². The summed E-state index contributed by atoms with van der Waals surface area (Å²) in [6.07, 6.45) is 6.74. The highest BCUT2D eigenvalue weighted by Crippen LogP contribution is 2.42. The van der Waals surface area contributed by atoms with Crippen LogP contribution in [0.1, 0.15) is 109 Å². The summed E-state index contributed by atoms with van der Waals surface area (Å²) in [7, 11) is 7.71. The van der Waals surface area contributed by atoms with Gasteiger partial charge in [-0.25, -0.2) is 4.79 Å². The number of nitrogens with zero attached hydrogens (tertiary/aromatic N) is 2. The van der Waals surface area contributed by atoms with Crippen LogP contribution in [0.5, 0.6) is 34.5 Å². The van der Waals surface area contributed by atoms with Gasteiger partial charge in [0, 0.05) is 61.7 Å². The summed E-state index contributed by atoms with van der Waals surface area (Å²) in [4.78, 5) is 87.7. The van der Waals surface area contributed by atoms with Crippen molar-refractivity contribution in [3.63, 3.8) is 0 Å². The number of aryl methyl sites for hydroxylation is 2. The predicted molar refractivity (Wildman–Crippen MR) is 381 cm³/mol. The molecule has 0 aliphatic carbocycles. The number of amides is 3. The third-order valence-electron chi connectivity index (χ3n) is 17.2. The van der Waals surface area contributed by atoms with E-state index in [0.29, 0.717) is 128 Å². The first-order valence-corrected chi connectivity index (χ1v) is 34.4. The lowest BCUT2D eigenvalue weighted by Gasteiger charge is -2.37. The molecule has 0 saturated carbocycles. The Bertz CT molecular complexity index is 3710. The molecule has 99 heavy (non-hydrogen) atoms. The molecule has 2 aliphatic rings. The Morgan fingerprint density at radius 2 is 1.27 bits per heavy atom. The molecule has 2 fully saturated rings. The van der Waals surface area contributed by atoms with E-state index in [1.165, 1.54) is 21.3 Å². The first kappa shape index (κ1) is 76.3. The molecule has 1 N–H and O–H groups in total. The Morgan fingerprint density at radius 1 is 0.616 bits per heavy atom. The van der Waals surface area contributed by atoms with Crippen molar-refractivity contribution in [1.29, 1.82) is 0 Å². The number of likely N-dealkylation sites (tertiary alicyclic amines) is 2. The third-order valence-corrected chi connectivity index (χ3v) is 18.3. The van der Waals surface area contributed by atoms with Gasteiger partial charge in [0.2, 0.25) is 23.5 Å². The van der Waals surface area contributed by atoms with E-state index in [0.717, 1.165) is 29.5 Å². The van der Waals surface area contributed by atoms with E-state index in [9.17, 15) is 28.8 Å². The fourth-order valence-corrected chi connectivity index (χ4v) is 12.4.